The lowest BCUT2D eigenvalue weighted by atomic mass is 9.96. The number of rotatable bonds is 5. The molecule has 2 nitrogen and oxygen atoms in total. The summed E-state index contributed by atoms with van der Waals surface area (Å²) >= 11 is 4.38. The van der Waals surface area contributed by atoms with Gasteiger partial charge in [0.1, 0.15) is 0 Å². The topological polar surface area (TPSA) is 17.8 Å². The van der Waals surface area contributed by atoms with Crippen LogP contribution in [0, 0.1) is 5.41 Å². The molecule has 0 atom stereocenters. The standard InChI is InChI=1S/C12H22N2S/c1-5-10-7-11(6-2)14(13-10)8-12(3,4)9-15/h7,15H,5-6,8-9H2,1-4H3. The molecule has 0 aliphatic heterocycles. The van der Waals surface area contributed by atoms with Crippen molar-refractivity contribution in [2.24, 2.45) is 5.41 Å². The van der Waals surface area contributed by atoms with Crippen LogP contribution in [0.25, 0.3) is 0 Å². The van der Waals surface area contributed by atoms with Crippen LogP contribution in [0.1, 0.15) is 39.1 Å². The van der Waals surface area contributed by atoms with Crippen molar-refractivity contribution in [2.45, 2.75) is 47.1 Å². The summed E-state index contributed by atoms with van der Waals surface area (Å²) in [7, 11) is 0. The SMILES string of the molecule is CCc1cc(CC)n(CC(C)(C)CS)n1. The smallest absolute Gasteiger partial charge is 0.0624 e. The predicted molar refractivity (Wildman–Crippen MR) is 68.6 cm³/mol. The zero-order chi connectivity index (χ0) is 11.5. The van der Waals surface area contributed by atoms with Crippen molar-refractivity contribution in [1.29, 1.82) is 0 Å². The monoisotopic (exact) mass is 226 g/mol. The van der Waals surface area contributed by atoms with Gasteiger partial charge in [0.15, 0.2) is 0 Å². The zero-order valence-electron chi connectivity index (χ0n) is 10.2. The van der Waals surface area contributed by atoms with E-state index in [1.54, 1.807) is 0 Å². The van der Waals surface area contributed by atoms with Gasteiger partial charge in [-0.1, -0.05) is 27.7 Å². The second-order valence-electron chi connectivity index (χ2n) is 4.81. The molecule has 86 valence electrons. The molecule has 1 aromatic heterocycles. The van der Waals surface area contributed by atoms with Crippen LogP contribution < -0.4 is 0 Å². The highest BCUT2D eigenvalue weighted by atomic mass is 32.1. The summed E-state index contributed by atoms with van der Waals surface area (Å²) in [4.78, 5) is 0. The van der Waals surface area contributed by atoms with Crippen LogP contribution in [0.2, 0.25) is 0 Å². The second-order valence-corrected chi connectivity index (χ2v) is 5.13. The fraction of sp³-hybridized carbons (Fsp3) is 0.750. The van der Waals surface area contributed by atoms with E-state index in [1.807, 2.05) is 0 Å². The van der Waals surface area contributed by atoms with Crippen molar-refractivity contribution in [2.75, 3.05) is 5.75 Å². The van der Waals surface area contributed by atoms with Gasteiger partial charge >= 0.3 is 0 Å². The van der Waals surface area contributed by atoms with Crippen molar-refractivity contribution in [3.05, 3.63) is 17.5 Å². The van der Waals surface area contributed by atoms with E-state index in [9.17, 15) is 0 Å². The molecule has 0 spiro atoms. The number of aryl methyl sites for hydroxylation is 2. The highest BCUT2D eigenvalue weighted by Gasteiger charge is 2.18. The van der Waals surface area contributed by atoms with Crippen LogP contribution in [0.3, 0.4) is 0 Å². The Balaban J connectivity index is 2.88. The number of aromatic nitrogens is 2. The molecule has 3 heteroatoms. The van der Waals surface area contributed by atoms with Gasteiger partial charge in [-0.15, -0.1) is 0 Å². The van der Waals surface area contributed by atoms with E-state index in [0.29, 0.717) is 0 Å². The van der Waals surface area contributed by atoms with Gasteiger partial charge < -0.3 is 0 Å². The number of thiol groups is 1. The van der Waals surface area contributed by atoms with E-state index in [-0.39, 0.29) is 5.41 Å². The molecule has 1 rings (SSSR count). The molecule has 0 aliphatic rings. The maximum absolute atomic E-state index is 4.62. The van der Waals surface area contributed by atoms with Crippen molar-refractivity contribution < 1.29 is 0 Å². The minimum absolute atomic E-state index is 0.212. The Bertz CT molecular complexity index is 315. The van der Waals surface area contributed by atoms with Crippen molar-refractivity contribution in [1.82, 2.24) is 9.78 Å². The third-order valence-electron chi connectivity index (χ3n) is 2.64. The molecule has 0 saturated carbocycles. The first-order valence-electron chi connectivity index (χ1n) is 5.69. The van der Waals surface area contributed by atoms with E-state index in [1.165, 1.54) is 11.4 Å². The molecular weight excluding hydrogens is 204 g/mol. The highest BCUT2D eigenvalue weighted by Crippen LogP contribution is 2.21. The molecule has 0 aliphatic carbocycles. The molecule has 1 heterocycles. The van der Waals surface area contributed by atoms with Crippen LogP contribution in [-0.4, -0.2) is 15.5 Å². The Morgan fingerprint density at radius 1 is 1.33 bits per heavy atom. The van der Waals surface area contributed by atoms with Gasteiger partial charge in [0.25, 0.3) is 0 Å². The summed E-state index contributed by atoms with van der Waals surface area (Å²) in [6.07, 6.45) is 2.07. The van der Waals surface area contributed by atoms with Gasteiger partial charge in [-0.05, 0) is 30.1 Å². The van der Waals surface area contributed by atoms with Crippen LogP contribution in [-0.2, 0) is 19.4 Å². The number of hydrogen-bond acceptors (Lipinski definition) is 2. The van der Waals surface area contributed by atoms with E-state index in [2.05, 4.69) is 56.2 Å². The lowest BCUT2D eigenvalue weighted by Crippen LogP contribution is -2.23. The average molecular weight is 226 g/mol. The first-order valence-corrected chi connectivity index (χ1v) is 6.32. The Labute approximate surface area is 98.5 Å². The van der Waals surface area contributed by atoms with E-state index < -0.39 is 0 Å². The molecule has 0 bridgehead atoms. The number of hydrogen-bond donors (Lipinski definition) is 1. The second kappa shape index (κ2) is 5.06. The van der Waals surface area contributed by atoms with Gasteiger partial charge in [0, 0.05) is 12.2 Å². The quantitative estimate of drug-likeness (QED) is 0.764. The molecular formula is C12H22N2S. The Morgan fingerprint density at radius 3 is 2.47 bits per heavy atom. The minimum Gasteiger partial charge on any atom is -0.269 e. The molecule has 0 aromatic carbocycles. The van der Waals surface area contributed by atoms with Gasteiger partial charge in [-0.2, -0.15) is 17.7 Å². The molecule has 0 N–H and O–H groups in total. The van der Waals surface area contributed by atoms with E-state index in [0.717, 1.165) is 25.1 Å². The first kappa shape index (κ1) is 12.6. The van der Waals surface area contributed by atoms with Gasteiger partial charge in [0.2, 0.25) is 0 Å². The zero-order valence-corrected chi connectivity index (χ0v) is 11.1. The highest BCUT2D eigenvalue weighted by molar-refractivity contribution is 7.80. The maximum Gasteiger partial charge on any atom is 0.0624 e. The lowest BCUT2D eigenvalue weighted by molar-refractivity contribution is 0.327. The summed E-state index contributed by atoms with van der Waals surface area (Å²) in [5.41, 5.74) is 2.74. The molecule has 15 heavy (non-hydrogen) atoms. The fourth-order valence-corrected chi connectivity index (χ4v) is 1.66. The number of nitrogens with zero attached hydrogens (tertiary/aromatic N) is 2. The summed E-state index contributed by atoms with van der Waals surface area (Å²) in [5, 5.41) is 4.62. The summed E-state index contributed by atoms with van der Waals surface area (Å²) in [6, 6.07) is 2.22. The van der Waals surface area contributed by atoms with Crippen LogP contribution >= 0.6 is 12.6 Å². The average Bonchev–Trinajstić information content (AvgIpc) is 2.59. The van der Waals surface area contributed by atoms with Crippen molar-refractivity contribution in [3.8, 4) is 0 Å². The van der Waals surface area contributed by atoms with E-state index in [4.69, 9.17) is 0 Å². The Kier molecular flexibility index (Phi) is 4.26. The van der Waals surface area contributed by atoms with Crippen LogP contribution in [0.15, 0.2) is 6.07 Å². The lowest BCUT2D eigenvalue weighted by Gasteiger charge is -2.22. The third kappa shape index (κ3) is 3.26. The first-order chi connectivity index (χ1) is 7.02. The summed E-state index contributed by atoms with van der Waals surface area (Å²) in [5.74, 6) is 0.886. The molecule has 0 fully saturated rings. The Morgan fingerprint density at radius 2 is 2.00 bits per heavy atom. The molecule has 0 radical (unpaired) electrons. The van der Waals surface area contributed by atoms with Crippen molar-refractivity contribution >= 4 is 12.6 Å². The van der Waals surface area contributed by atoms with Crippen molar-refractivity contribution in [3.63, 3.8) is 0 Å². The largest absolute Gasteiger partial charge is 0.269 e. The predicted octanol–water partition coefficient (Wildman–Crippen LogP) is 2.96. The summed E-state index contributed by atoms with van der Waals surface area (Å²) in [6.45, 7) is 9.75. The molecule has 1 aromatic rings. The Hall–Kier alpha value is -0.440. The van der Waals surface area contributed by atoms with Crippen LogP contribution in [0.5, 0.6) is 0 Å². The normalized spacial score (nSPS) is 12.1. The molecule has 0 saturated heterocycles. The minimum atomic E-state index is 0.212. The van der Waals surface area contributed by atoms with E-state index >= 15 is 0 Å². The summed E-state index contributed by atoms with van der Waals surface area (Å²) < 4.78 is 2.15. The maximum atomic E-state index is 4.62. The van der Waals surface area contributed by atoms with Gasteiger partial charge in [-0.3, -0.25) is 4.68 Å². The molecule has 0 unspecified atom stereocenters. The fourth-order valence-electron chi connectivity index (χ4n) is 1.56. The third-order valence-corrected chi connectivity index (χ3v) is 3.50. The van der Waals surface area contributed by atoms with Gasteiger partial charge in [-0.25, -0.2) is 0 Å². The van der Waals surface area contributed by atoms with Crippen LogP contribution in [0.4, 0.5) is 0 Å². The van der Waals surface area contributed by atoms with Gasteiger partial charge in [0.05, 0.1) is 5.69 Å². The molecule has 0 amide bonds.